The SMILES string of the molecule is Clc1ccc(COc2ccc3ccccc3c2/C=N/NCc2c(Cl)cccc2Cl)cc1. The van der Waals surface area contributed by atoms with Crippen LogP contribution in [0.5, 0.6) is 5.75 Å². The number of nitrogens with one attached hydrogen (secondary N) is 1. The zero-order valence-corrected chi connectivity index (χ0v) is 18.8. The predicted molar refractivity (Wildman–Crippen MR) is 131 cm³/mol. The molecule has 4 aromatic carbocycles. The third-order valence-electron chi connectivity index (χ3n) is 4.84. The van der Waals surface area contributed by atoms with Gasteiger partial charge in [-0.05, 0) is 46.7 Å². The van der Waals surface area contributed by atoms with Crippen LogP contribution in [-0.2, 0) is 13.2 Å². The molecule has 0 heterocycles. The number of hydrogen-bond donors (Lipinski definition) is 1. The van der Waals surface area contributed by atoms with Gasteiger partial charge in [-0.25, -0.2) is 0 Å². The molecule has 4 aromatic rings. The fraction of sp³-hybridized carbons (Fsp3) is 0.0800. The average molecular weight is 470 g/mol. The van der Waals surface area contributed by atoms with Crippen molar-refractivity contribution in [3.63, 3.8) is 0 Å². The highest BCUT2D eigenvalue weighted by atomic mass is 35.5. The van der Waals surface area contributed by atoms with E-state index in [2.05, 4.69) is 22.7 Å². The summed E-state index contributed by atoms with van der Waals surface area (Å²) < 4.78 is 6.12. The van der Waals surface area contributed by atoms with E-state index in [9.17, 15) is 0 Å². The molecule has 0 radical (unpaired) electrons. The molecule has 0 unspecified atom stereocenters. The molecule has 0 aliphatic carbocycles. The Labute approximate surface area is 196 Å². The molecule has 0 aromatic heterocycles. The number of ether oxygens (including phenoxy) is 1. The van der Waals surface area contributed by atoms with E-state index in [1.54, 1.807) is 6.21 Å². The van der Waals surface area contributed by atoms with Gasteiger partial charge in [-0.2, -0.15) is 5.10 Å². The van der Waals surface area contributed by atoms with E-state index in [4.69, 9.17) is 39.5 Å². The number of fused-ring (bicyclic) bond motifs is 1. The number of hydrazone groups is 1. The monoisotopic (exact) mass is 468 g/mol. The third kappa shape index (κ3) is 5.31. The first-order chi connectivity index (χ1) is 15.1. The van der Waals surface area contributed by atoms with E-state index < -0.39 is 0 Å². The van der Waals surface area contributed by atoms with Crippen LogP contribution in [0.4, 0.5) is 0 Å². The van der Waals surface area contributed by atoms with Gasteiger partial charge in [0.15, 0.2) is 0 Å². The average Bonchev–Trinajstić information content (AvgIpc) is 2.78. The summed E-state index contributed by atoms with van der Waals surface area (Å²) >= 11 is 18.4. The zero-order valence-electron chi connectivity index (χ0n) is 16.5. The number of nitrogens with zero attached hydrogens (tertiary/aromatic N) is 1. The molecule has 0 fully saturated rings. The normalized spacial score (nSPS) is 11.2. The summed E-state index contributed by atoms with van der Waals surface area (Å²) in [5.41, 5.74) is 5.77. The van der Waals surface area contributed by atoms with Gasteiger partial charge in [0.25, 0.3) is 0 Å². The maximum atomic E-state index is 6.23. The summed E-state index contributed by atoms with van der Waals surface area (Å²) in [4.78, 5) is 0. The van der Waals surface area contributed by atoms with E-state index in [-0.39, 0.29) is 0 Å². The van der Waals surface area contributed by atoms with E-state index in [0.29, 0.717) is 28.2 Å². The fourth-order valence-corrected chi connectivity index (χ4v) is 3.87. The lowest BCUT2D eigenvalue weighted by molar-refractivity contribution is 0.306. The van der Waals surface area contributed by atoms with Crippen molar-refractivity contribution in [1.82, 2.24) is 5.43 Å². The second kappa shape index (κ2) is 10.1. The summed E-state index contributed by atoms with van der Waals surface area (Å²) in [6.07, 6.45) is 1.77. The van der Waals surface area contributed by atoms with Gasteiger partial charge < -0.3 is 10.2 Å². The van der Waals surface area contributed by atoms with Crippen LogP contribution in [0.3, 0.4) is 0 Å². The van der Waals surface area contributed by atoms with Crippen molar-refractivity contribution < 1.29 is 4.74 Å². The summed E-state index contributed by atoms with van der Waals surface area (Å²) in [5, 5.41) is 8.48. The maximum absolute atomic E-state index is 6.23. The molecule has 156 valence electrons. The lowest BCUT2D eigenvalue weighted by Crippen LogP contribution is -2.07. The maximum Gasteiger partial charge on any atom is 0.129 e. The lowest BCUT2D eigenvalue weighted by Gasteiger charge is -2.12. The highest BCUT2D eigenvalue weighted by Crippen LogP contribution is 2.28. The minimum absolute atomic E-state index is 0.417. The molecular weight excluding hydrogens is 451 g/mol. The highest BCUT2D eigenvalue weighted by molar-refractivity contribution is 6.36. The summed E-state index contributed by atoms with van der Waals surface area (Å²) in [7, 11) is 0. The summed E-state index contributed by atoms with van der Waals surface area (Å²) in [6, 6.07) is 25.2. The molecule has 0 saturated carbocycles. The third-order valence-corrected chi connectivity index (χ3v) is 5.80. The van der Waals surface area contributed by atoms with Crippen molar-refractivity contribution in [1.29, 1.82) is 0 Å². The molecular formula is C25H19Cl3N2O. The van der Waals surface area contributed by atoms with Gasteiger partial charge >= 0.3 is 0 Å². The summed E-state index contributed by atoms with van der Waals surface area (Å²) in [5.74, 6) is 0.745. The van der Waals surface area contributed by atoms with Gasteiger partial charge in [-0.1, -0.05) is 83.3 Å². The minimum atomic E-state index is 0.417. The van der Waals surface area contributed by atoms with Crippen LogP contribution in [-0.4, -0.2) is 6.21 Å². The van der Waals surface area contributed by atoms with E-state index >= 15 is 0 Å². The van der Waals surface area contributed by atoms with Gasteiger partial charge in [0, 0.05) is 26.2 Å². The van der Waals surface area contributed by atoms with Gasteiger partial charge in [0.05, 0.1) is 12.8 Å². The van der Waals surface area contributed by atoms with Crippen LogP contribution < -0.4 is 10.2 Å². The first kappa shape index (κ1) is 21.5. The Balaban J connectivity index is 1.56. The van der Waals surface area contributed by atoms with Crippen molar-refractivity contribution in [3.8, 4) is 5.75 Å². The quantitative estimate of drug-likeness (QED) is 0.224. The molecule has 0 spiro atoms. The van der Waals surface area contributed by atoms with E-state index in [0.717, 1.165) is 33.2 Å². The standard InChI is InChI=1S/C25H19Cl3N2O/c26-19-11-8-17(9-12-19)16-31-25-13-10-18-4-1-2-5-20(18)21(25)14-29-30-15-22-23(27)6-3-7-24(22)28/h1-14,30H,15-16H2/b29-14+. The van der Waals surface area contributed by atoms with Crippen molar-refractivity contribution in [2.75, 3.05) is 0 Å². The van der Waals surface area contributed by atoms with Crippen LogP contribution in [0.15, 0.2) is 84.0 Å². The second-order valence-corrected chi connectivity index (χ2v) is 8.16. The van der Waals surface area contributed by atoms with Crippen molar-refractivity contribution in [2.45, 2.75) is 13.2 Å². The van der Waals surface area contributed by atoms with Crippen molar-refractivity contribution in [2.24, 2.45) is 5.10 Å². The molecule has 0 aliphatic heterocycles. The predicted octanol–water partition coefficient (Wildman–Crippen LogP) is 7.50. The summed E-state index contributed by atoms with van der Waals surface area (Å²) in [6.45, 7) is 0.847. The second-order valence-electron chi connectivity index (χ2n) is 6.91. The molecule has 4 rings (SSSR count). The largest absolute Gasteiger partial charge is 0.488 e. The Morgan fingerprint density at radius 3 is 2.32 bits per heavy atom. The highest BCUT2D eigenvalue weighted by Gasteiger charge is 2.08. The van der Waals surface area contributed by atoms with Crippen molar-refractivity contribution in [3.05, 3.63) is 111 Å². The van der Waals surface area contributed by atoms with Crippen LogP contribution >= 0.6 is 34.8 Å². The molecule has 6 heteroatoms. The first-order valence-corrected chi connectivity index (χ1v) is 10.8. The lowest BCUT2D eigenvalue weighted by atomic mass is 10.0. The van der Waals surface area contributed by atoms with Crippen LogP contribution in [0.1, 0.15) is 16.7 Å². The number of halogens is 3. The molecule has 0 amide bonds. The first-order valence-electron chi connectivity index (χ1n) is 9.69. The van der Waals surface area contributed by atoms with Gasteiger partial charge in [0.2, 0.25) is 0 Å². The smallest absolute Gasteiger partial charge is 0.129 e. The molecule has 0 aliphatic rings. The molecule has 1 N–H and O–H groups in total. The molecule has 31 heavy (non-hydrogen) atoms. The topological polar surface area (TPSA) is 33.6 Å². The Morgan fingerprint density at radius 2 is 1.55 bits per heavy atom. The van der Waals surface area contributed by atoms with Gasteiger partial charge in [0.1, 0.15) is 12.4 Å². The number of rotatable bonds is 7. The van der Waals surface area contributed by atoms with Crippen LogP contribution in [0, 0.1) is 0 Å². The molecule has 0 atom stereocenters. The Kier molecular flexibility index (Phi) is 6.98. The number of hydrogen-bond acceptors (Lipinski definition) is 3. The minimum Gasteiger partial charge on any atom is -0.488 e. The van der Waals surface area contributed by atoms with Gasteiger partial charge in [-0.3, -0.25) is 0 Å². The molecule has 0 bridgehead atoms. The van der Waals surface area contributed by atoms with E-state index in [1.807, 2.05) is 66.7 Å². The molecule has 3 nitrogen and oxygen atoms in total. The molecule has 0 saturated heterocycles. The zero-order chi connectivity index (χ0) is 21.6. The van der Waals surface area contributed by atoms with Crippen molar-refractivity contribution >= 4 is 51.8 Å². The Hall–Kier alpha value is -2.72. The van der Waals surface area contributed by atoms with Crippen LogP contribution in [0.2, 0.25) is 15.1 Å². The fourth-order valence-electron chi connectivity index (χ4n) is 3.21. The van der Waals surface area contributed by atoms with Gasteiger partial charge in [-0.15, -0.1) is 0 Å². The van der Waals surface area contributed by atoms with E-state index in [1.165, 1.54) is 0 Å². The Bertz CT molecular complexity index is 1200. The Morgan fingerprint density at radius 1 is 0.806 bits per heavy atom. The number of benzene rings is 4. The van der Waals surface area contributed by atoms with Crippen LogP contribution in [0.25, 0.3) is 10.8 Å².